The van der Waals surface area contributed by atoms with Crippen LogP contribution in [0.2, 0.25) is 5.02 Å². The van der Waals surface area contributed by atoms with Crippen LogP contribution in [0.3, 0.4) is 0 Å². The monoisotopic (exact) mass is 292 g/mol. The van der Waals surface area contributed by atoms with Crippen LogP contribution in [0.25, 0.3) is 0 Å². The second-order valence-corrected chi connectivity index (χ2v) is 4.94. The van der Waals surface area contributed by atoms with Crippen molar-refractivity contribution in [1.29, 1.82) is 0 Å². The van der Waals surface area contributed by atoms with E-state index in [1.807, 2.05) is 25.1 Å². The summed E-state index contributed by atoms with van der Waals surface area (Å²) in [6.07, 6.45) is -0.684. The number of halogens is 1. The molecule has 0 radical (unpaired) electrons. The molecule has 4 heteroatoms. The van der Waals surface area contributed by atoms with Gasteiger partial charge in [0, 0.05) is 5.02 Å². The molecule has 20 heavy (non-hydrogen) atoms. The Bertz CT molecular complexity index is 566. The molecular formula is C16H17ClO3. The Balaban J connectivity index is 2.01. The minimum absolute atomic E-state index is 0.189. The average Bonchev–Trinajstić information content (AvgIpc) is 2.46. The molecule has 0 aliphatic carbocycles. The van der Waals surface area contributed by atoms with Crippen molar-refractivity contribution in [3.05, 3.63) is 58.6 Å². The van der Waals surface area contributed by atoms with Crippen molar-refractivity contribution in [2.45, 2.75) is 13.0 Å². The predicted molar refractivity (Wildman–Crippen MR) is 79.6 cm³/mol. The smallest absolute Gasteiger partial charge is 0.119 e. The quantitative estimate of drug-likeness (QED) is 0.912. The van der Waals surface area contributed by atoms with Crippen LogP contribution in [0, 0.1) is 6.92 Å². The van der Waals surface area contributed by atoms with E-state index in [0.29, 0.717) is 10.8 Å². The van der Waals surface area contributed by atoms with Gasteiger partial charge in [-0.3, -0.25) is 0 Å². The predicted octanol–water partition coefficient (Wildman–Crippen LogP) is 3.77. The molecule has 0 fully saturated rings. The Hall–Kier alpha value is -1.71. The van der Waals surface area contributed by atoms with Gasteiger partial charge in [-0.1, -0.05) is 17.7 Å². The van der Waals surface area contributed by atoms with Crippen LogP contribution in [-0.4, -0.2) is 18.8 Å². The Morgan fingerprint density at radius 2 is 1.75 bits per heavy atom. The Morgan fingerprint density at radius 1 is 1.10 bits per heavy atom. The van der Waals surface area contributed by atoms with Crippen molar-refractivity contribution >= 4 is 11.6 Å². The van der Waals surface area contributed by atoms with Gasteiger partial charge in [-0.2, -0.15) is 0 Å². The van der Waals surface area contributed by atoms with Crippen molar-refractivity contribution in [2.24, 2.45) is 0 Å². The molecule has 0 amide bonds. The summed E-state index contributed by atoms with van der Waals surface area (Å²) in [5, 5.41) is 10.8. The molecule has 1 N–H and O–H groups in total. The number of methoxy groups -OCH3 is 1. The van der Waals surface area contributed by atoms with Gasteiger partial charge in [0.1, 0.15) is 24.2 Å². The highest BCUT2D eigenvalue weighted by Crippen LogP contribution is 2.24. The first-order valence-electron chi connectivity index (χ1n) is 6.31. The maximum Gasteiger partial charge on any atom is 0.119 e. The van der Waals surface area contributed by atoms with Gasteiger partial charge in [0.25, 0.3) is 0 Å². The standard InChI is InChI=1S/C16H17ClO3/c1-11-9-14(19-2)7-8-15(11)16(18)10-20-13-5-3-12(17)4-6-13/h3-9,16,18H,10H2,1-2H3. The summed E-state index contributed by atoms with van der Waals surface area (Å²) < 4.78 is 10.7. The molecule has 0 aromatic heterocycles. The average molecular weight is 293 g/mol. The fourth-order valence-corrected chi connectivity index (χ4v) is 2.07. The van der Waals surface area contributed by atoms with Gasteiger partial charge in [0.2, 0.25) is 0 Å². The van der Waals surface area contributed by atoms with Crippen LogP contribution in [0.15, 0.2) is 42.5 Å². The maximum atomic E-state index is 10.2. The molecule has 0 bridgehead atoms. The van der Waals surface area contributed by atoms with E-state index in [1.165, 1.54) is 0 Å². The topological polar surface area (TPSA) is 38.7 Å². The highest BCUT2D eigenvalue weighted by atomic mass is 35.5. The van der Waals surface area contributed by atoms with Crippen molar-refractivity contribution in [3.63, 3.8) is 0 Å². The van der Waals surface area contributed by atoms with Crippen LogP contribution in [0.5, 0.6) is 11.5 Å². The van der Waals surface area contributed by atoms with Gasteiger partial charge in [0.15, 0.2) is 0 Å². The summed E-state index contributed by atoms with van der Waals surface area (Å²) in [7, 11) is 1.62. The highest BCUT2D eigenvalue weighted by Gasteiger charge is 2.12. The molecule has 3 nitrogen and oxygen atoms in total. The lowest BCUT2D eigenvalue weighted by atomic mass is 10.0. The van der Waals surface area contributed by atoms with E-state index in [4.69, 9.17) is 21.1 Å². The summed E-state index contributed by atoms with van der Waals surface area (Å²) in [5.41, 5.74) is 1.80. The first-order valence-corrected chi connectivity index (χ1v) is 6.69. The maximum absolute atomic E-state index is 10.2. The van der Waals surface area contributed by atoms with Crippen LogP contribution < -0.4 is 9.47 Å². The molecule has 0 aliphatic heterocycles. The van der Waals surface area contributed by atoms with Crippen molar-refractivity contribution in [2.75, 3.05) is 13.7 Å². The number of ether oxygens (including phenoxy) is 2. The van der Waals surface area contributed by atoms with E-state index < -0.39 is 6.10 Å². The van der Waals surface area contributed by atoms with E-state index in [1.54, 1.807) is 31.4 Å². The summed E-state index contributed by atoms with van der Waals surface area (Å²) in [4.78, 5) is 0. The molecule has 0 aliphatic rings. The number of hydrogen-bond acceptors (Lipinski definition) is 3. The fraction of sp³-hybridized carbons (Fsp3) is 0.250. The lowest BCUT2D eigenvalue weighted by Crippen LogP contribution is -2.11. The van der Waals surface area contributed by atoms with Crippen LogP contribution >= 0.6 is 11.6 Å². The largest absolute Gasteiger partial charge is 0.497 e. The molecule has 0 spiro atoms. The van der Waals surface area contributed by atoms with Crippen LogP contribution in [-0.2, 0) is 0 Å². The highest BCUT2D eigenvalue weighted by molar-refractivity contribution is 6.30. The summed E-state index contributed by atoms with van der Waals surface area (Å²) in [6.45, 7) is 2.12. The summed E-state index contributed by atoms with van der Waals surface area (Å²) in [6, 6.07) is 12.6. The molecule has 1 atom stereocenters. The molecule has 0 saturated carbocycles. The van der Waals surface area contributed by atoms with Gasteiger partial charge in [-0.05, 0) is 54.4 Å². The van der Waals surface area contributed by atoms with E-state index in [9.17, 15) is 5.11 Å². The van der Waals surface area contributed by atoms with Gasteiger partial charge < -0.3 is 14.6 Å². The lowest BCUT2D eigenvalue weighted by molar-refractivity contribution is 0.107. The molecule has 106 valence electrons. The number of aliphatic hydroxyl groups is 1. The Labute approximate surface area is 123 Å². The molecule has 2 rings (SSSR count). The molecule has 1 unspecified atom stereocenters. The number of hydrogen-bond donors (Lipinski definition) is 1. The van der Waals surface area contributed by atoms with Gasteiger partial charge in [-0.25, -0.2) is 0 Å². The Morgan fingerprint density at radius 3 is 2.35 bits per heavy atom. The number of aryl methyl sites for hydroxylation is 1. The Kier molecular flexibility index (Phi) is 4.88. The van der Waals surface area contributed by atoms with E-state index in [-0.39, 0.29) is 6.61 Å². The third-order valence-electron chi connectivity index (χ3n) is 3.06. The fourth-order valence-electron chi connectivity index (χ4n) is 1.94. The molecular weight excluding hydrogens is 276 g/mol. The SMILES string of the molecule is COc1ccc(C(O)COc2ccc(Cl)cc2)c(C)c1. The minimum Gasteiger partial charge on any atom is -0.497 e. The van der Waals surface area contributed by atoms with Crippen LogP contribution in [0.4, 0.5) is 0 Å². The molecule has 0 saturated heterocycles. The third-order valence-corrected chi connectivity index (χ3v) is 3.31. The van der Waals surface area contributed by atoms with Crippen molar-refractivity contribution in [1.82, 2.24) is 0 Å². The molecule has 2 aromatic carbocycles. The number of rotatable bonds is 5. The lowest BCUT2D eigenvalue weighted by Gasteiger charge is -2.15. The second kappa shape index (κ2) is 6.64. The normalized spacial score (nSPS) is 12.0. The summed E-state index contributed by atoms with van der Waals surface area (Å²) >= 11 is 5.80. The van der Waals surface area contributed by atoms with E-state index in [2.05, 4.69) is 0 Å². The van der Waals surface area contributed by atoms with Gasteiger partial charge >= 0.3 is 0 Å². The van der Waals surface area contributed by atoms with E-state index >= 15 is 0 Å². The minimum atomic E-state index is -0.684. The first-order chi connectivity index (χ1) is 9.60. The summed E-state index contributed by atoms with van der Waals surface area (Å²) in [5.74, 6) is 1.46. The number of aliphatic hydroxyl groups excluding tert-OH is 1. The van der Waals surface area contributed by atoms with Gasteiger partial charge in [0.05, 0.1) is 7.11 Å². The first kappa shape index (κ1) is 14.7. The molecule has 2 aromatic rings. The zero-order chi connectivity index (χ0) is 14.5. The second-order valence-electron chi connectivity index (χ2n) is 4.50. The van der Waals surface area contributed by atoms with E-state index in [0.717, 1.165) is 16.9 Å². The zero-order valence-corrected chi connectivity index (χ0v) is 12.2. The van der Waals surface area contributed by atoms with Crippen molar-refractivity contribution < 1.29 is 14.6 Å². The zero-order valence-electron chi connectivity index (χ0n) is 11.5. The third kappa shape index (κ3) is 3.65. The van der Waals surface area contributed by atoms with Crippen LogP contribution in [0.1, 0.15) is 17.2 Å². The van der Waals surface area contributed by atoms with Gasteiger partial charge in [-0.15, -0.1) is 0 Å². The molecule has 0 heterocycles. The number of benzene rings is 2. The van der Waals surface area contributed by atoms with Crippen molar-refractivity contribution in [3.8, 4) is 11.5 Å².